The van der Waals surface area contributed by atoms with Gasteiger partial charge in [0.05, 0.1) is 13.4 Å². The Morgan fingerprint density at radius 1 is 1.30 bits per heavy atom. The molecule has 0 bridgehead atoms. The van der Waals surface area contributed by atoms with Gasteiger partial charge in [0.1, 0.15) is 24.5 Å². The number of ether oxygens (including phenoxy) is 3. The first kappa shape index (κ1) is 23.2. The Labute approximate surface area is 175 Å². The fourth-order valence-corrected chi connectivity index (χ4v) is 2.77. The van der Waals surface area contributed by atoms with Crippen molar-refractivity contribution in [2.45, 2.75) is 32.8 Å². The van der Waals surface area contributed by atoms with Crippen molar-refractivity contribution >= 4 is 18.0 Å². The molecule has 0 aromatic heterocycles. The number of hydrogen-bond acceptors (Lipinski definition) is 6. The summed E-state index contributed by atoms with van der Waals surface area (Å²) in [4.78, 5) is 37.0. The maximum atomic E-state index is 13.1. The molecule has 1 aliphatic heterocycles. The van der Waals surface area contributed by atoms with Crippen molar-refractivity contribution in [1.82, 2.24) is 10.2 Å². The molecule has 0 aliphatic carbocycles. The van der Waals surface area contributed by atoms with E-state index < -0.39 is 17.7 Å². The van der Waals surface area contributed by atoms with Crippen LogP contribution in [0.3, 0.4) is 0 Å². The van der Waals surface area contributed by atoms with Crippen LogP contribution >= 0.6 is 0 Å². The molecule has 1 heterocycles. The van der Waals surface area contributed by atoms with Crippen LogP contribution in [0.25, 0.3) is 0 Å². The van der Waals surface area contributed by atoms with E-state index in [0.29, 0.717) is 30.6 Å². The number of alkyl carbamates (subject to hydrolysis) is 1. The van der Waals surface area contributed by atoms with Crippen LogP contribution in [-0.2, 0) is 20.7 Å². The van der Waals surface area contributed by atoms with Gasteiger partial charge in [0.2, 0.25) is 0 Å². The van der Waals surface area contributed by atoms with Crippen LogP contribution in [0.4, 0.5) is 9.18 Å². The molecule has 1 N–H and O–H groups in total. The number of nitrogens with one attached hydrogen (secondary N) is 1. The zero-order valence-corrected chi connectivity index (χ0v) is 17.6. The molecule has 0 fully saturated rings. The molecule has 0 unspecified atom stereocenters. The minimum atomic E-state index is -0.648. The SMILES string of the molecule is COC(=O)CN1CCc2cc(OC/C(=C/F)CNC(=O)OC(C)(C)C)ccc2C1=O. The van der Waals surface area contributed by atoms with Gasteiger partial charge in [-0.05, 0) is 51.0 Å². The lowest BCUT2D eigenvalue weighted by Gasteiger charge is -2.27. The Morgan fingerprint density at radius 2 is 2.03 bits per heavy atom. The van der Waals surface area contributed by atoms with E-state index in [0.717, 1.165) is 5.56 Å². The molecule has 0 radical (unpaired) electrons. The van der Waals surface area contributed by atoms with E-state index in [9.17, 15) is 18.8 Å². The van der Waals surface area contributed by atoms with E-state index in [-0.39, 0.29) is 31.2 Å². The van der Waals surface area contributed by atoms with Crippen molar-refractivity contribution in [2.24, 2.45) is 0 Å². The number of hydrogen-bond donors (Lipinski definition) is 1. The van der Waals surface area contributed by atoms with Crippen LogP contribution in [-0.4, -0.2) is 61.8 Å². The first-order valence-electron chi connectivity index (χ1n) is 9.49. The van der Waals surface area contributed by atoms with Gasteiger partial charge in [0.25, 0.3) is 5.91 Å². The first-order chi connectivity index (χ1) is 14.1. The van der Waals surface area contributed by atoms with Crippen molar-refractivity contribution in [3.05, 3.63) is 41.2 Å². The third kappa shape index (κ3) is 6.75. The number of benzene rings is 1. The minimum Gasteiger partial charge on any atom is -0.489 e. The lowest BCUT2D eigenvalue weighted by atomic mass is 9.98. The molecule has 1 aromatic carbocycles. The van der Waals surface area contributed by atoms with Crippen LogP contribution in [0, 0.1) is 0 Å². The fraction of sp³-hybridized carbons (Fsp3) is 0.476. The second-order valence-corrected chi connectivity index (χ2v) is 7.78. The fourth-order valence-electron chi connectivity index (χ4n) is 2.77. The van der Waals surface area contributed by atoms with Gasteiger partial charge < -0.3 is 24.4 Å². The topological polar surface area (TPSA) is 94.2 Å². The number of carbonyl (C=O) groups excluding carboxylic acids is 3. The van der Waals surface area contributed by atoms with Gasteiger partial charge in [-0.25, -0.2) is 9.18 Å². The Kier molecular flexibility index (Phi) is 7.79. The zero-order chi connectivity index (χ0) is 22.3. The molecule has 0 atom stereocenters. The summed E-state index contributed by atoms with van der Waals surface area (Å²) in [5.74, 6) is -0.254. The van der Waals surface area contributed by atoms with E-state index in [1.54, 1.807) is 39.0 Å². The molecule has 0 saturated heterocycles. The highest BCUT2D eigenvalue weighted by atomic mass is 19.1. The minimum absolute atomic E-state index is 0.0582. The molecular formula is C21H27FN2O6. The van der Waals surface area contributed by atoms with Crippen LogP contribution < -0.4 is 10.1 Å². The summed E-state index contributed by atoms with van der Waals surface area (Å²) in [5, 5.41) is 2.47. The Bertz CT molecular complexity index is 831. The summed E-state index contributed by atoms with van der Waals surface area (Å²) in [5.41, 5.74) is 0.855. The number of methoxy groups -OCH3 is 1. The van der Waals surface area contributed by atoms with Crippen molar-refractivity contribution in [3.63, 3.8) is 0 Å². The molecule has 0 spiro atoms. The third-order valence-electron chi connectivity index (χ3n) is 4.23. The molecule has 30 heavy (non-hydrogen) atoms. The quantitative estimate of drug-likeness (QED) is 0.679. The summed E-state index contributed by atoms with van der Waals surface area (Å²) in [7, 11) is 1.28. The van der Waals surface area contributed by atoms with Gasteiger partial charge >= 0.3 is 12.1 Å². The zero-order valence-electron chi connectivity index (χ0n) is 17.6. The highest BCUT2D eigenvalue weighted by Crippen LogP contribution is 2.24. The maximum absolute atomic E-state index is 13.1. The molecule has 9 heteroatoms. The number of halogens is 1. The van der Waals surface area contributed by atoms with Crippen molar-refractivity contribution in [3.8, 4) is 5.75 Å². The number of amides is 2. The van der Waals surface area contributed by atoms with E-state index in [2.05, 4.69) is 10.1 Å². The van der Waals surface area contributed by atoms with Crippen LogP contribution in [0.15, 0.2) is 30.1 Å². The molecule has 0 saturated carbocycles. The lowest BCUT2D eigenvalue weighted by Crippen LogP contribution is -2.41. The van der Waals surface area contributed by atoms with E-state index in [1.807, 2.05) is 0 Å². The summed E-state index contributed by atoms with van der Waals surface area (Å²) >= 11 is 0. The summed E-state index contributed by atoms with van der Waals surface area (Å²) in [6, 6.07) is 4.95. The van der Waals surface area contributed by atoms with Gasteiger partial charge in [0, 0.05) is 24.2 Å². The third-order valence-corrected chi connectivity index (χ3v) is 4.23. The van der Waals surface area contributed by atoms with Crippen LogP contribution in [0.2, 0.25) is 0 Å². The van der Waals surface area contributed by atoms with Crippen molar-refractivity contribution in [1.29, 1.82) is 0 Å². The Hall–Kier alpha value is -3.10. The second kappa shape index (κ2) is 10.1. The normalized spacial score (nSPS) is 14.1. The number of esters is 1. The summed E-state index contributed by atoms with van der Waals surface area (Å²) in [6.45, 7) is 5.36. The van der Waals surface area contributed by atoms with Gasteiger partial charge in [-0.1, -0.05) is 0 Å². The molecular weight excluding hydrogens is 395 g/mol. The van der Waals surface area contributed by atoms with Gasteiger partial charge in [-0.15, -0.1) is 0 Å². The van der Waals surface area contributed by atoms with Crippen LogP contribution in [0.1, 0.15) is 36.7 Å². The largest absolute Gasteiger partial charge is 0.489 e. The van der Waals surface area contributed by atoms with Crippen LogP contribution in [0.5, 0.6) is 5.75 Å². The first-order valence-corrected chi connectivity index (χ1v) is 9.49. The summed E-state index contributed by atoms with van der Waals surface area (Å²) < 4.78 is 28.4. The van der Waals surface area contributed by atoms with E-state index in [4.69, 9.17) is 9.47 Å². The van der Waals surface area contributed by atoms with Gasteiger partial charge in [0.15, 0.2) is 0 Å². The average molecular weight is 422 g/mol. The van der Waals surface area contributed by atoms with E-state index >= 15 is 0 Å². The molecule has 164 valence electrons. The highest BCUT2D eigenvalue weighted by Gasteiger charge is 2.26. The Balaban J connectivity index is 1.92. The lowest BCUT2D eigenvalue weighted by molar-refractivity contribution is -0.141. The number of fused-ring (bicyclic) bond motifs is 1. The molecule has 1 aromatic rings. The monoisotopic (exact) mass is 422 g/mol. The van der Waals surface area contributed by atoms with Crippen molar-refractivity contribution < 1.29 is 33.0 Å². The highest BCUT2D eigenvalue weighted by molar-refractivity contribution is 5.98. The smallest absolute Gasteiger partial charge is 0.407 e. The van der Waals surface area contributed by atoms with Gasteiger partial charge in [-0.3, -0.25) is 9.59 Å². The van der Waals surface area contributed by atoms with E-state index in [1.165, 1.54) is 12.0 Å². The molecule has 1 aliphatic rings. The number of rotatable bonds is 7. The van der Waals surface area contributed by atoms with Crippen molar-refractivity contribution in [2.75, 3.05) is 33.4 Å². The Morgan fingerprint density at radius 3 is 2.67 bits per heavy atom. The van der Waals surface area contributed by atoms with Gasteiger partial charge in [-0.2, -0.15) is 0 Å². The molecule has 2 amide bonds. The maximum Gasteiger partial charge on any atom is 0.407 e. The average Bonchev–Trinajstić information content (AvgIpc) is 2.68. The number of carbonyl (C=O) groups is 3. The molecule has 8 nitrogen and oxygen atoms in total. The number of nitrogens with zero attached hydrogens (tertiary/aromatic N) is 1. The predicted octanol–water partition coefficient (Wildman–Crippen LogP) is 2.61. The standard InChI is InChI=1S/C21H27FN2O6/c1-21(2,3)30-20(27)23-11-14(10-22)13-29-16-5-6-17-15(9-16)7-8-24(19(17)26)12-18(25)28-4/h5-6,9-10H,7-8,11-13H2,1-4H3,(H,23,27)/b14-10+. The summed E-state index contributed by atoms with van der Waals surface area (Å²) in [6.07, 6.45) is 0.288. The second-order valence-electron chi connectivity index (χ2n) is 7.78. The predicted molar refractivity (Wildman–Crippen MR) is 107 cm³/mol. The molecule has 2 rings (SSSR count).